The molecule has 3 aromatic rings. The zero-order valence-electron chi connectivity index (χ0n) is 17.8. The molecule has 3 atom stereocenters. The van der Waals surface area contributed by atoms with Crippen LogP contribution in [-0.4, -0.2) is 41.2 Å². The number of H-pyrrole nitrogens is 1. The first-order valence-corrected chi connectivity index (χ1v) is 11.8. The largest absolute Gasteiger partial charge is 0.493 e. The number of benzene rings is 2. The Balaban J connectivity index is 1.62. The van der Waals surface area contributed by atoms with E-state index in [0.717, 1.165) is 28.0 Å². The van der Waals surface area contributed by atoms with Gasteiger partial charge in [0.1, 0.15) is 5.25 Å². The number of amides is 2. The summed E-state index contributed by atoms with van der Waals surface area (Å²) in [4.78, 5) is 54.0. The smallest absolute Gasteiger partial charge is 0.305 e. The first kappa shape index (κ1) is 22.2. The third kappa shape index (κ3) is 3.37. The molecule has 2 aliphatic rings. The van der Waals surface area contributed by atoms with Crippen LogP contribution in [0.25, 0.3) is 0 Å². The molecule has 2 aromatic carbocycles. The number of thioether (sulfide) groups is 1. The van der Waals surface area contributed by atoms with E-state index < -0.39 is 33.8 Å². The number of methoxy groups -OCH3 is 2. The summed E-state index contributed by atoms with van der Waals surface area (Å²) < 4.78 is 10.7. The number of carbonyl (C=O) groups excluding carboxylic acids is 2. The number of nitrogens with one attached hydrogen (secondary N) is 1. The van der Waals surface area contributed by atoms with Gasteiger partial charge in [0.05, 0.1) is 35.8 Å². The van der Waals surface area contributed by atoms with Crippen LogP contribution in [-0.2, 0) is 9.59 Å². The number of fused-ring (bicyclic) bond motifs is 2. The van der Waals surface area contributed by atoms with Gasteiger partial charge in [0.2, 0.25) is 11.8 Å². The van der Waals surface area contributed by atoms with Crippen molar-refractivity contribution < 1.29 is 24.0 Å². The van der Waals surface area contributed by atoms with Crippen molar-refractivity contribution in [2.45, 2.75) is 16.2 Å². The van der Waals surface area contributed by atoms with Crippen LogP contribution in [0.15, 0.2) is 52.3 Å². The van der Waals surface area contributed by atoms with E-state index in [1.807, 2.05) is 0 Å². The molecule has 0 spiro atoms. The highest BCUT2D eigenvalue weighted by atomic mass is 32.2. The molecule has 1 aromatic heterocycles. The molecule has 1 saturated heterocycles. The van der Waals surface area contributed by atoms with E-state index in [4.69, 9.17) is 9.47 Å². The number of hydrogen-bond acceptors (Lipinski definition) is 9. The lowest BCUT2D eigenvalue weighted by atomic mass is 9.83. The molecule has 1 N–H and O–H groups in total. The molecule has 174 valence electrons. The number of nitro groups is 1. The summed E-state index contributed by atoms with van der Waals surface area (Å²) >= 11 is 2.17. The van der Waals surface area contributed by atoms with E-state index in [9.17, 15) is 24.5 Å². The summed E-state index contributed by atoms with van der Waals surface area (Å²) in [5, 5.41) is 10.8. The van der Waals surface area contributed by atoms with Gasteiger partial charge in [-0.05, 0) is 29.8 Å². The molecule has 3 heterocycles. The second-order valence-corrected chi connectivity index (χ2v) is 9.82. The van der Waals surface area contributed by atoms with Gasteiger partial charge in [0.25, 0.3) is 5.69 Å². The Bertz CT molecular complexity index is 1380. The van der Waals surface area contributed by atoms with Crippen LogP contribution < -0.4 is 19.2 Å². The van der Waals surface area contributed by atoms with Gasteiger partial charge in [-0.2, -0.15) is 0 Å². The lowest BCUT2D eigenvalue weighted by Gasteiger charge is -2.30. The Hall–Kier alpha value is -3.64. The molecular weight excluding hydrogens is 482 g/mol. The van der Waals surface area contributed by atoms with Gasteiger partial charge < -0.3 is 14.5 Å². The Morgan fingerprint density at radius 3 is 2.35 bits per heavy atom. The molecule has 0 saturated carbocycles. The van der Waals surface area contributed by atoms with Gasteiger partial charge in [0.15, 0.2) is 11.5 Å². The van der Waals surface area contributed by atoms with Crippen molar-refractivity contribution in [3.8, 4) is 11.5 Å². The van der Waals surface area contributed by atoms with Crippen molar-refractivity contribution in [3.63, 3.8) is 0 Å². The molecule has 0 radical (unpaired) electrons. The number of nitro benzene ring substituents is 1. The van der Waals surface area contributed by atoms with Crippen molar-refractivity contribution in [2.75, 3.05) is 19.1 Å². The molecule has 2 aliphatic heterocycles. The standard InChI is InChI=1S/C22H17N3O7S2/c1-31-13-8-3-10(9-14(13)32-2)15-16-18(33-19-17(15)34-22(28)23-19)21(27)24(20(16)26)11-4-6-12(7-5-11)25(29)30/h3-9,15-16,18H,1-2H3,(H,23,28)/t15-,16-,18+/m0/s1. The zero-order valence-corrected chi connectivity index (χ0v) is 19.5. The van der Waals surface area contributed by atoms with Crippen molar-refractivity contribution in [2.24, 2.45) is 5.92 Å². The third-order valence-corrected chi connectivity index (χ3v) is 8.31. The third-order valence-electron chi connectivity index (χ3n) is 5.91. The van der Waals surface area contributed by atoms with Gasteiger partial charge in [-0.3, -0.25) is 24.5 Å². The summed E-state index contributed by atoms with van der Waals surface area (Å²) in [6, 6.07) is 10.5. The van der Waals surface area contributed by atoms with Gasteiger partial charge >= 0.3 is 4.87 Å². The molecule has 34 heavy (non-hydrogen) atoms. The summed E-state index contributed by atoms with van der Waals surface area (Å²) in [7, 11) is 3.02. The molecule has 0 bridgehead atoms. The van der Waals surface area contributed by atoms with E-state index >= 15 is 0 Å². The maximum atomic E-state index is 13.7. The minimum Gasteiger partial charge on any atom is -0.493 e. The Labute approximate surface area is 200 Å². The number of non-ortho nitro benzene ring substituents is 1. The average molecular weight is 500 g/mol. The second kappa shape index (κ2) is 8.29. The molecule has 1 fully saturated rings. The molecular formula is C22H17N3O7S2. The fraction of sp³-hybridized carbons (Fsp3) is 0.227. The van der Waals surface area contributed by atoms with Gasteiger partial charge in [-0.25, -0.2) is 4.90 Å². The van der Waals surface area contributed by atoms with Gasteiger partial charge in [-0.1, -0.05) is 29.2 Å². The van der Waals surface area contributed by atoms with E-state index in [2.05, 4.69) is 4.98 Å². The van der Waals surface area contributed by atoms with E-state index in [1.54, 1.807) is 18.2 Å². The summed E-state index contributed by atoms with van der Waals surface area (Å²) in [5.41, 5.74) is 0.826. The highest BCUT2D eigenvalue weighted by Crippen LogP contribution is 2.53. The highest BCUT2D eigenvalue weighted by molar-refractivity contribution is 8.00. The normalized spacial score (nSPS) is 21.2. The molecule has 10 nitrogen and oxygen atoms in total. The van der Waals surface area contributed by atoms with Crippen molar-refractivity contribution in [1.29, 1.82) is 0 Å². The number of carbonyl (C=O) groups is 2. The number of imide groups is 1. The van der Waals surface area contributed by atoms with Crippen LogP contribution in [0.5, 0.6) is 11.5 Å². The summed E-state index contributed by atoms with van der Waals surface area (Å²) in [5.74, 6) is -1.23. The number of anilines is 1. The predicted molar refractivity (Wildman–Crippen MR) is 125 cm³/mol. The fourth-order valence-corrected chi connectivity index (χ4v) is 6.92. The fourth-order valence-electron chi connectivity index (χ4n) is 4.40. The van der Waals surface area contributed by atoms with Crippen LogP contribution >= 0.6 is 23.1 Å². The number of ether oxygens (including phenoxy) is 2. The number of aromatic nitrogens is 1. The Morgan fingerprint density at radius 2 is 1.71 bits per heavy atom. The topological polar surface area (TPSA) is 132 Å². The number of hydrogen-bond donors (Lipinski definition) is 1. The zero-order chi connectivity index (χ0) is 24.1. The van der Waals surface area contributed by atoms with Crippen LogP contribution in [0.1, 0.15) is 16.4 Å². The predicted octanol–water partition coefficient (Wildman–Crippen LogP) is 3.16. The maximum absolute atomic E-state index is 13.7. The van der Waals surface area contributed by atoms with E-state index in [0.29, 0.717) is 27.0 Å². The van der Waals surface area contributed by atoms with Gasteiger partial charge in [-0.15, -0.1) is 0 Å². The minimum atomic E-state index is -0.773. The molecule has 5 rings (SSSR count). The quantitative estimate of drug-likeness (QED) is 0.322. The molecule has 0 unspecified atom stereocenters. The van der Waals surface area contributed by atoms with Crippen LogP contribution in [0.4, 0.5) is 11.4 Å². The molecule has 12 heteroatoms. The van der Waals surface area contributed by atoms with Crippen molar-refractivity contribution in [1.82, 2.24) is 4.98 Å². The first-order chi connectivity index (χ1) is 16.3. The van der Waals surface area contributed by atoms with E-state index in [1.165, 1.54) is 38.5 Å². The number of rotatable bonds is 5. The van der Waals surface area contributed by atoms with Crippen molar-refractivity contribution in [3.05, 3.63) is 72.7 Å². The lowest BCUT2D eigenvalue weighted by Crippen LogP contribution is -2.32. The molecule has 0 aliphatic carbocycles. The number of thiazole rings is 1. The highest BCUT2D eigenvalue weighted by Gasteiger charge is 2.56. The van der Waals surface area contributed by atoms with Crippen LogP contribution in [0.3, 0.4) is 0 Å². The maximum Gasteiger partial charge on any atom is 0.305 e. The Morgan fingerprint density at radius 1 is 1.00 bits per heavy atom. The van der Waals surface area contributed by atoms with Crippen LogP contribution in [0, 0.1) is 16.0 Å². The van der Waals surface area contributed by atoms with Gasteiger partial charge in [0, 0.05) is 22.9 Å². The number of nitrogens with zero attached hydrogens (tertiary/aromatic N) is 2. The molecule has 2 amide bonds. The second-order valence-electron chi connectivity index (χ2n) is 7.65. The monoisotopic (exact) mass is 499 g/mol. The SMILES string of the molecule is COc1ccc([C@@H]2c3sc(=O)[nH]c3S[C@H]3C(=O)N(c4ccc([N+](=O)[O-])cc4)C(=O)[C@@H]23)cc1OC. The van der Waals surface area contributed by atoms with E-state index in [-0.39, 0.29) is 16.2 Å². The minimum absolute atomic E-state index is 0.141. The Kier molecular flexibility index (Phi) is 5.41. The summed E-state index contributed by atoms with van der Waals surface area (Å²) in [6.07, 6.45) is 0. The lowest BCUT2D eigenvalue weighted by molar-refractivity contribution is -0.384. The number of aromatic amines is 1. The van der Waals surface area contributed by atoms with Crippen LogP contribution in [0.2, 0.25) is 0 Å². The first-order valence-electron chi connectivity index (χ1n) is 10.1. The summed E-state index contributed by atoms with van der Waals surface area (Å²) in [6.45, 7) is 0. The average Bonchev–Trinajstić information content (AvgIpc) is 3.33. The van der Waals surface area contributed by atoms with Crippen molar-refractivity contribution >= 4 is 46.3 Å².